The van der Waals surface area contributed by atoms with E-state index in [0.29, 0.717) is 12.5 Å². The van der Waals surface area contributed by atoms with Crippen molar-refractivity contribution < 1.29 is 0 Å². The Balaban J connectivity index is 0.00000180. The number of piperidine rings is 1. The second-order valence-corrected chi connectivity index (χ2v) is 5.00. The van der Waals surface area contributed by atoms with E-state index in [1.54, 1.807) is 0 Å². The molecular formula is C13H24IN5. The van der Waals surface area contributed by atoms with E-state index in [9.17, 15) is 0 Å². The highest BCUT2D eigenvalue weighted by Crippen LogP contribution is 2.14. The van der Waals surface area contributed by atoms with E-state index >= 15 is 0 Å². The van der Waals surface area contributed by atoms with E-state index in [2.05, 4.69) is 21.9 Å². The van der Waals surface area contributed by atoms with Gasteiger partial charge in [-0.3, -0.25) is 4.68 Å². The van der Waals surface area contributed by atoms with E-state index < -0.39 is 0 Å². The Morgan fingerprint density at radius 2 is 1.89 bits per heavy atom. The summed E-state index contributed by atoms with van der Waals surface area (Å²) in [5, 5.41) is 4.39. The number of halogens is 1. The number of aliphatic imine (C=N–C) groups is 1. The van der Waals surface area contributed by atoms with E-state index in [4.69, 9.17) is 5.73 Å². The number of rotatable bonds is 2. The molecule has 0 bridgehead atoms. The lowest BCUT2D eigenvalue weighted by Crippen LogP contribution is -2.40. The van der Waals surface area contributed by atoms with Crippen LogP contribution in [0.4, 0.5) is 0 Å². The van der Waals surface area contributed by atoms with Crippen LogP contribution in [0.5, 0.6) is 0 Å². The minimum absolute atomic E-state index is 0. The zero-order valence-electron chi connectivity index (χ0n) is 12.0. The topological polar surface area (TPSA) is 59.4 Å². The van der Waals surface area contributed by atoms with Crippen LogP contribution in [0, 0.1) is 13.8 Å². The SMILES string of the molecule is Cc1nn(C)c(C)c1CN=C(N)N1CCCCC1.I. The first-order valence-corrected chi connectivity index (χ1v) is 6.63. The smallest absolute Gasteiger partial charge is 0.191 e. The highest BCUT2D eigenvalue weighted by Gasteiger charge is 2.13. The molecule has 0 saturated carbocycles. The van der Waals surface area contributed by atoms with Crippen LogP contribution in [0.1, 0.15) is 36.2 Å². The number of likely N-dealkylation sites (tertiary alicyclic amines) is 1. The summed E-state index contributed by atoms with van der Waals surface area (Å²) in [7, 11) is 1.96. The minimum Gasteiger partial charge on any atom is -0.370 e. The lowest BCUT2D eigenvalue weighted by molar-refractivity contribution is 0.338. The Morgan fingerprint density at radius 3 is 2.42 bits per heavy atom. The summed E-state index contributed by atoms with van der Waals surface area (Å²) in [4.78, 5) is 6.71. The fraction of sp³-hybridized carbons (Fsp3) is 0.692. The molecule has 5 nitrogen and oxygen atoms in total. The summed E-state index contributed by atoms with van der Waals surface area (Å²) in [5.74, 6) is 0.678. The summed E-state index contributed by atoms with van der Waals surface area (Å²) in [6.07, 6.45) is 3.76. The maximum Gasteiger partial charge on any atom is 0.191 e. The molecule has 0 atom stereocenters. The molecule has 1 aromatic rings. The van der Waals surface area contributed by atoms with Gasteiger partial charge in [0.25, 0.3) is 0 Å². The monoisotopic (exact) mass is 377 g/mol. The van der Waals surface area contributed by atoms with Gasteiger partial charge in [0.15, 0.2) is 5.96 Å². The largest absolute Gasteiger partial charge is 0.370 e. The van der Waals surface area contributed by atoms with E-state index in [-0.39, 0.29) is 24.0 Å². The van der Waals surface area contributed by atoms with Gasteiger partial charge in [-0.1, -0.05) is 0 Å². The molecule has 19 heavy (non-hydrogen) atoms. The van der Waals surface area contributed by atoms with Gasteiger partial charge < -0.3 is 10.6 Å². The molecule has 0 aromatic carbocycles. The molecule has 1 fully saturated rings. The van der Waals surface area contributed by atoms with E-state index in [1.807, 2.05) is 18.7 Å². The van der Waals surface area contributed by atoms with Crippen molar-refractivity contribution in [3.63, 3.8) is 0 Å². The minimum atomic E-state index is 0. The van der Waals surface area contributed by atoms with Crippen LogP contribution in [0.25, 0.3) is 0 Å². The highest BCUT2D eigenvalue weighted by atomic mass is 127. The zero-order valence-corrected chi connectivity index (χ0v) is 14.3. The molecule has 0 radical (unpaired) electrons. The van der Waals surface area contributed by atoms with Crippen LogP contribution >= 0.6 is 24.0 Å². The zero-order chi connectivity index (χ0) is 13.1. The number of aryl methyl sites for hydroxylation is 2. The summed E-state index contributed by atoms with van der Waals surface area (Å²) in [5.41, 5.74) is 9.46. The molecule has 2 rings (SSSR count). The molecule has 108 valence electrons. The Morgan fingerprint density at radius 1 is 1.26 bits per heavy atom. The third-order valence-electron chi connectivity index (χ3n) is 3.74. The average molecular weight is 377 g/mol. The van der Waals surface area contributed by atoms with Crippen molar-refractivity contribution in [3.8, 4) is 0 Å². The van der Waals surface area contributed by atoms with Gasteiger partial charge in [-0.15, -0.1) is 24.0 Å². The van der Waals surface area contributed by atoms with Gasteiger partial charge in [-0.25, -0.2) is 4.99 Å². The van der Waals surface area contributed by atoms with Crippen molar-refractivity contribution in [2.75, 3.05) is 13.1 Å². The molecule has 6 heteroatoms. The van der Waals surface area contributed by atoms with Gasteiger partial charge >= 0.3 is 0 Å². The van der Waals surface area contributed by atoms with Gasteiger partial charge in [0.2, 0.25) is 0 Å². The first-order valence-electron chi connectivity index (χ1n) is 6.63. The van der Waals surface area contributed by atoms with Gasteiger partial charge in [0.1, 0.15) is 0 Å². The molecule has 0 aliphatic carbocycles. The van der Waals surface area contributed by atoms with Crippen LogP contribution in [-0.2, 0) is 13.6 Å². The van der Waals surface area contributed by atoms with E-state index in [1.165, 1.54) is 30.5 Å². The molecule has 1 aliphatic heterocycles. The van der Waals surface area contributed by atoms with Crippen molar-refractivity contribution in [2.24, 2.45) is 17.8 Å². The summed E-state index contributed by atoms with van der Waals surface area (Å²) >= 11 is 0. The molecular weight excluding hydrogens is 353 g/mol. The molecule has 2 N–H and O–H groups in total. The Labute approximate surface area is 132 Å². The summed E-state index contributed by atoms with van der Waals surface area (Å²) < 4.78 is 1.90. The average Bonchev–Trinajstić information content (AvgIpc) is 2.62. The number of guanidine groups is 1. The summed E-state index contributed by atoms with van der Waals surface area (Å²) in [6, 6.07) is 0. The Kier molecular flexibility index (Phi) is 6.09. The molecule has 1 saturated heterocycles. The summed E-state index contributed by atoms with van der Waals surface area (Å²) in [6.45, 7) is 6.81. The van der Waals surface area contributed by atoms with Crippen LogP contribution in [-0.4, -0.2) is 33.7 Å². The van der Waals surface area contributed by atoms with Gasteiger partial charge in [0, 0.05) is 31.4 Å². The van der Waals surface area contributed by atoms with Crippen LogP contribution in [0.3, 0.4) is 0 Å². The predicted octanol–water partition coefficient (Wildman–Crippen LogP) is 1.96. The van der Waals surface area contributed by atoms with Crippen molar-refractivity contribution in [3.05, 3.63) is 17.0 Å². The van der Waals surface area contributed by atoms with E-state index in [0.717, 1.165) is 18.8 Å². The molecule has 1 aliphatic rings. The maximum absolute atomic E-state index is 6.05. The van der Waals surface area contributed by atoms with Crippen molar-refractivity contribution in [2.45, 2.75) is 39.7 Å². The Hall–Kier alpha value is -0.790. The lowest BCUT2D eigenvalue weighted by Gasteiger charge is -2.27. The van der Waals surface area contributed by atoms with Gasteiger partial charge in [-0.2, -0.15) is 5.10 Å². The lowest BCUT2D eigenvalue weighted by atomic mass is 10.1. The third-order valence-corrected chi connectivity index (χ3v) is 3.74. The predicted molar refractivity (Wildman–Crippen MR) is 88.8 cm³/mol. The highest BCUT2D eigenvalue weighted by molar-refractivity contribution is 14.0. The van der Waals surface area contributed by atoms with Crippen LogP contribution in [0.2, 0.25) is 0 Å². The molecule has 0 spiro atoms. The fourth-order valence-electron chi connectivity index (χ4n) is 2.43. The number of hydrogen-bond donors (Lipinski definition) is 1. The normalized spacial score (nSPS) is 16.4. The number of aromatic nitrogens is 2. The number of hydrogen-bond acceptors (Lipinski definition) is 2. The molecule has 2 heterocycles. The van der Waals surface area contributed by atoms with Crippen molar-refractivity contribution >= 4 is 29.9 Å². The first-order chi connectivity index (χ1) is 8.59. The third kappa shape index (κ3) is 3.84. The quantitative estimate of drug-likeness (QED) is 0.487. The second-order valence-electron chi connectivity index (χ2n) is 5.00. The maximum atomic E-state index is 6.05. The molecule has 0 amide bonds. The number of nitrogens with zero attached hydrogens (tertiary/aromatic N) is 4. The van der Waals surface area contributed by atoms with Crippen LogP contribution in [0.15, 0.2) is 4.99 Å². The molecule has 0 unspecified atom stereocenters. The van der Waals surface area contributed by atoms with Gasteiger partial charge in [0.05, 0.1) is 12.2 Å². The molecule has 1 aromatic heterocycles. The van der Waals surface area contributed by atoms with Crippen molar-refractivity contribution in [1.29, 1.82) is 0 Å². The number of nitrogens with two attached hydrogens (primary N) is 1. The fourth-order valence-corrected chi connectivity index (χ4v) is 2.43. The standard InChI is InChI=1S/C13H23N5.HI/c1-10-12(11(2)17(3)16-10)9-15-13(14)18-7-5-4-6-8-18;/h4-9H2,1-3H3,(H2,14,15);1H. The van der Waals surface area contributed by atoms with Crippen molar-refractivity contribution in [1.82, 2.24) is 14.7 Å². The van der Waals surface area contributed by atoms with Crippen LogP contribution < -0.4 is 5.73 Å². The Bertz CT molecular complexity index is 446. The first kappa shape index (κ1) is 16.3. The second kappa shape index (κ2) is 7.12. The van der Waals surface area contributed by atoms with Gasteiger partial charge in [-0.05, 0) is 33.1 Å².